The van der Waals surface area contributed by atoms with Crippen LogP contribution in [0.2, 0.25) is 0 Å². The van der Waals surface area contributed by atoms with Crippen molar-refractivity contribution in [3.63, 3.8) is 0 Å². The van der Waals surface area contributed by atoms with E-state index in [1.54, 1.807) is 0 Å². The fraction of sp³-hybridized carbons (Fsp3) is 0.714. The number of aliphatic hydroxyl groups excluding tert-OH is 1. The van der Waals surface area contributed by atoms with E-state index in [0.717, 1.165) is 36.7 Å². The molecule has 2 N–H and O–H groups in total. The fourth-order valence-corrected chi connectivity index (χ4v) is 1.82. The van der Waals surface area contributed by atoms with Crippen LogP contribution in [0.15, 0.2) is 6.07 Å². The van der Waals surface area contributed by atoms with E-state index in [-0.39, 0.29) is 6.61 Å². The molecule has 0 saturated heterocycles. The first kappa shape index (κ1) is 14.9. The van der Waals surface area contributed by atoms with Gasteiger partial charge in [0.2, 0.25) is 0 Å². The van der Waals surface area contributed by atoms with E-state index in [2.05, 4.69) is 36.1 Å². The molecule has 1 atom stereocenters. The van der Waals surface area contributed by atoms with Gasteiger partial charge in [0.25, 0.3) is 0 Å². The van der Waals surface area contributed by atoms with Crippen LogP contribution in [0.1, 0.15) is 51.0 Å². The lowest BCUT2D eigenvalue weighted by atomic mass is 10.0. The Morgan fingerprint density at radius 2 is 2.06 bits per heavy atom. The fourth-order valence-electron chi connectivity index (χ4n) is 1.82. The zero-order valence-electron chi connectivity index (χ0n) is 11.9. The molecular formula is C14H25N3O. The summed E-state index contributed by atoms with van der Waals surface area (Å²) in [6.45, 7) is 9.43. The van der Waals surface area contributed by atoms with Crippen LogP contribution in [0.4, 0.5) is 5.82 Å². The minimum atomic E-state index is 0.250. The Balaban J connectivity index is 2.66. The van der Waals surface area contributed by atoms with Crippen LogP contribution in [0, 0.1) is 12.8 Å². The third-order valence-corrected chi connectivity index (χ3v) is 3.07. The van der Waals surface area contributed by atoms with Crippen molar-refractivity contribution < 1.29 is 5.11 Å². The van der Waals surface area contributed by atoms with Crippen LogP contribution in [-0.4, -0.2) is 28.2 Å². The monoisotopic (exact) mass is 251 g/mol. The summed E-state index contributed by atoms with van der Waals surface area (Å²) in [5.41, 5.74) is 0.992. The molecule has 1 aromatic rings. The Kier molecular flexibility index (Phi) is 6.05. The van der Waals surface area contributed by atoms with E-state index in [1.807, 2.05) is 13.0 Å². The zero-order chi connectivity index (χ0) is 13.5. The number of nitrogens with one attached hydrogen (secondary N) is 1. The van der Waals surface area contributed by atoms with Gasteiger partial charge in [0.1, 0.15) is 11.6 Å². The highest BCUT2D eigenvalue weighted by Crippen LogP contribution is 2.15. The molecular weight excluding hydrogens is 226 g/mol. The molecule has 1 aromatic heterocycles. The molecule has 0 aromatic carbocycles. The number of aromatic nitrogens is 2. The number of hydrogen-bond acceptors (Lipinski definition) is 4. The van der Waals surface area contributed by atoms with Gasteiger partial charge in [-0.3, -0.25) is 0 Å². The average molecular weight is 251 g/mol. The molecule has 0 aliphatic rings. The molecule has 0 aliphatic carbocycles. The summed E-state index contributed by atoms with van der Waals surface area (Å²) in [4.78, 5) is 8.94. The minimum absolute atomic E-state index is 0.250. The van der Waals surface area contributed by atoms with Crippen LogP contribution >= 0.6 is 0 Å². The molecule has 102 valence electrons. The predicted octanol–water partition coefficient (Wildman–Crippen LogP) is 2.73. The number of hydrogen-bond donors (Lipinski definition) is 2. The van der Waals surface area contributed by atoms with Crippen molar-refractivity contribution >= 4 is 5.82 Å². The molecule has 0 saturated carbocycles. The van der Waals surface area contributed by atoms with Crippen LogP contribution in [0.25, 0.3) is 0 Å². The van der Waals surface area contributed by atoms with Crippen LogP contribution in [0.5, 0.6) is 0 Å². The first-order chi connectivity index (χ1) is 8.56. The summed E-state index contributed by atoms with van der Waals surface area (Å²) >= 11 is 0. The normalized spacial score (nSPS) is 12.8. The van der Waals surface area contributed by atoms with Gasteiger partial charge in [-0.25, -0.2) is 9.97 Å². The van der Waals surface area contributed by atoms with E-state index in [9.17, 15) is 0 Å². The van der Waals surface area contributed by atoms with Crippen molar-refractivity contribution in [1.29, 1.82) is 0 Å². The molecule has 1 unspecified atom stereocenters. The van der Waals surface area contributed by atoms with Gasteiger partial charge >= 0.3 is 0 Å². The van der Waals surface area contributed by atoms with E-state index in [0.29, 0.717) is 11.8 Å². The number of rotatable bonds is 7. The summed E-state index contributed by atoms with van der Waals surface area (Å²) in [5.74, 6) is 2.60. The third kappa shape index (κ3) is 4.61. The highest BCUT2D eigenvalue weighted by atomic mass is 16.3. The maximum absolute atomic E-state index is 8.97. The first-order valence-corrected chi connectivity index (χ1v) is 6.77. The Labute approximate surface area is 110 Å². The maximum Gasteiger partial charge on any atom is 0.133 e. The summed E-state index contributed by atoms with van der Waals surface area (Å²) in [6.07, 6.45) is 1.90. The number of nitrogens with zero attached hydrogens (tertiary/aromatic N) is 2. The third-order valence-electron chi connectivity index (χ3n) is 3.07. The Bertz CT molecular complexity index is 366. The van der Waals surface area contributed by atoms with Gasteiger partial charge < -0.3 is 10.4 Å². The van der Waals surface area contributed by atoms with Crippen molar-refractivity contribution in [2.24, 2.45) is 5.92 Å². The second-order valence-electron chi connectivity index (χ2n) is 5.07. The van der Waals surface area contributed by atoms with Gasteiger partial charge in [-0.1, -0.05) is 27.2 Å². The molecule has 0 radical (unpaired) electrons. The average Bonchev–Trinajstić information content (AvgIpc) is 2.33. The summed E-state index contributed by atoms with van der Waals surface area (Å²) in [7, 11) is 0. The Hall–Kier alpha value is -1.16. The largest absolute Gasteiger partial charge is 0.396 e. The second-order valence-corrected chi connectivity index (χ2v) is 5.07. The minimum Gasteiger partial charge on any atom is -0.396 e. The molecule has 18 heavy (non-hydrogen) atoms. The molecule has 0 spiro atoms. The van der Waals surface area contributed by atoms with Crippen LogP contribution in [0.3, 0.4) is 0 Å². The lowest BCUT2D eigenvalue weighted by Crippen LogP contribution is -2.16. The summed E-state index contributed by atoms with van der Waals surface area (Å²) < 4.78 is 0. The smallest absolute Gasteiger partial charge is 0.133 e. The highest BCUT2D eigenvalue weighted by Gasteiger charge is 2.08. The molecule has 4 nitrogen and oxygen atoms in total. The van der Waals surface area contributed by atoms with Crippen molar-refractivity contribution in [3.8, 4) is 0 Å². The molecule has 0 amide bonds. The van der Waals surface area contributed by atoms with E-state index >= 15 is 0 Å². The van der Waals surface area contributed by atoms with Crippen molar-refractivity contribution in [1.82, 2.24) is 9.97 Å². The van der Waals surface area contributed by atoms with Crippen molar-refractivity contribution in [3.05, 3.63) is 17.6 Å². The van der Waals surface area contributed by atoms with Crippen molar-refractivity contribution in [2.45, 2.75) is 46.5 Å². The zero-order valence-corrected chi connectivity index (χ0v) is 11.9. The quantitative estimate of drug-likeness (QED) is 0.782. The lowest BCUT2D eigenvalue weighted by Gasteiger charge is -2.16. The molecule has 0 aliphatic heterocycles. The van der Waals surface area contributed by atoms with Gasteiger partial charge in [0, 0.05) is 30.8 Å². The number of aryl methyl sites for hydroxylation is 1. The lowest BCUT2D eigenvalue weighted by molar-refractivity contribution is 0.258. The molecule has 1 rings (SSSR count). The van der Waals surface area contributed by atoms with Crippen LogP contribution < -0.4 is 5.32 Å². The maximum atomic E-state index is 8.97. The number of aliphatic hydroxyl groups is 1. The topological polar surface area (TPSA) is 58.0 Å². The molecule has 1 heterocycles. The van der Waals surface area contributed by atoms with Crippen molar-refractivity contribution in [2.75, 3.05) is 18.5 Å². The first-order valence-electron chi connectivity index (χ1n) is 6.77. The van der Waals surface area contributed by atoms with Gasteiger partial charge in [0.15, 0.2) is 0 Å². The van der Waals surface area contributed by atoms with Gasteiger partial charge in [-0.15, -0.1) is 0 Å². The predicted molar refractivity (Wildman–Crippen MR) is 74.8 cm³/mol. The molecule has 0 fully saturated rings. The Morgan fingerprint density at radius 3 is 2.61 bits per heavy atom. The summed E-state index contributed by atoms with van der Waals surface area (Å²) in [5, 5.41) is 12.3. The molecule has 0 bridgehead atoms. The second kappa shape index (κ2) is 7.31. The SMILES string of the molecule is CCC(CCO)CNc1cc(C)nc(C(C)C)n1. The Morgan fingerprint density at radius 1 is 1.33 bits per heavy atom. The van der Waals surface area contributed by atoms with E-state index < -0.39 is 0 Å². The van der Waals surface area contributed by atoms with E-state index in [1.165, 1.54) is 0 Å². The molecule has 4 heteroatoms. The van der Waals surface area contributed by atoms with Gasteiger partial charge in [0.05, 0.1) is 0 Å². The number of anilines is 1. The van der Waals surface area contributed by atoms with Crippen LogP contribution in [-0.2, 0) is 0 Å². The summed E-state index contributed by atoms with van der Waals surface area (Å²) in [6, 6.07) is 1.97. The van der Waals surface area contributed by atoms with E-state index in [4.69, 9.17) is 5.11 Å². The van der Waals surface area contributed by atoms with Gasteiger partial charge in [-0.05, 0) is 19.3 Å². The van der Waals surface area contributed by atoms with Gasteiger partial charge in [-0.2, -0.15) is 0 Å². The standard InChI is InChI=1S/C14H25N3O/c1-5-12(6-7-18)9-15-13-8-11(4)16-14(17-13)10(2)3/h8,10,12,18H,5-7,9H2,1-4H3,(H,15,16,17). The highest BCUT2D eigenvalue weighted by molar-refractivity contribution is 5.36.